The lowest BCUT2D eigenvalue weighted by atomic mass is 10.1. The van der Waals surface area contributed by atoms with E-state index in [0.29, 0.717) is 23.4 Å². The molecule has 5 heteroatoms. The Labute approximate surface area is 120 Å². The molecule has 1 aromatic carbocycles. The van der Waals surface area contributed by atoms with Crippen molar-refractivity contribution in [3.63, 3.8) is 0 Å². The number of thiophene rings is 1. The monoisotopic (exact) mass is 287 g/mol. The van der Waals surface area contributed by atoms with Crippen molar-refractivity contribution in [2.45, 2.75) is 6.42 Å². The third-order valence-electron chi connectivity index (χ3n) is 3.13. The van der Waals surface area contributed by atoms with Crippen LogP contribution >= 0.6 is 11.3 Å². The predicted molar refractivity (Wildman–Crippen MR) is 82.6 cm³/mol. The maximum Gasteiger partial charge on any atom is 0.150 e. The molecular weight excluding hydrogens is 273 g/mol. The normalized spacial score (nSPS) is 10.8. The van der Waals surface area contributed by atoms with E-state index in [1.165, 1.54) is 10.9 Å². The van der Waals surface area contributed by atoms with E-state index in [1.807, 2.05) is 17.5 Å². The summed E-state index contributed by atoms with van der Waals surface area (Å²) in [6, 6.07) is 9.08. The minimum Gasteiger partial charge on any atom is -0.398 e. The molecule has 102 valence electrons. The number of rotatable bonds is 4. The van der Waals surface area contributed by atoms with Gasteiger partial charge in [0.25, 0.3) is 0 Å². The molecule has 0 atom stereocenters. The van der Waals surface area contributed by atoms with E-state index in [2.05, 4.69) is 16.4 Å². The van der Waals surface area contributed by atoms with E-state index in [1.54, 1.807) is 23.6 Å². The fraction of sp³-hybridized carbons (Fsp3) is 0.133. The van der Waals surface area contributed by atoms with Gasteiger partial charge in [-0.3, -0.25) is 4.98 Å². The number of anilines is 2. The van der Waals surface area contributed by atoms with Gasteiger partial charge in [-0.05, 0) is 36.1 Å². The Hall–Kier alpha value is -2.14. The van der Waals surface area contributed by atoms with Gasteiger partial charge in [0.15, 0.2) is 5.82 Å². The molecule has 0 aliphatic carbocycles. The van der Waals surface area contributed by atoms with Crippen LogP contribution in [0.3, 0.4) is 0 Å². The van der Waals surface area contributed by atoms with Crippen molar-refractivity contribution in [3.8, 4) is 0 Å². The summed E-state index contributed by atoms with van der Waals surface area (Å²) >= 11 is 1.70. The standard InChI is InChI=1S/C15H14FN3S/c16-12-9-13(17)11-4-1-6-18-14(11)15(12)19-7-5-10-3-2-8-20-10/h1-4,6,8-9,19H,5,7,17H2. The topological polar surface area (TPSA) is 50.9 Å². The number of hydrogen-bond donors (Lipinski definition) is 2. The van der Waals surface area contributed by atoms with E-state index in [9.17, 15) is 4.39 Å². The second-order valence-electron chi connectivity index (χ2n) is 4.48. The van der Waals surface area contributed by atoms with E-state index in [0.717, 1.165) is 11.8 Å². The summed E-state index contributed by atoms with van der Waals surface area (Å²) in [6.45, 7) is 0.660. The molecule has 0 bridgehead atoms. The van der Waals surface area contributed by atoms with Crippen molar-refractivity contribution < 1.29 is 4.39 Å². The number of benzene rings is 1. The average molecular weight is 287 g/mol. The lowest BCUT2D eigenvalue weighted by Gasteiger charge is -2.11. The van der Waals surface area contributed by atoms with Crippen molar-refractivity contribution in [1.29, 1.82) is 0 Å². The molecule has 0 saturated carbocycles. The Bertz CT molecular complexity index is 725. The third-order valence-corrected chi connectivity index (χ3v) is 4.07. The number of nitrogens with one attached hydrogen (secondary N) is 1. The van der Waals surface area contributed by atoms with Crippen molar-refractivity contribution in [1.82, 2.24) is 4.98 Å². The molecule has 0 aliphatic rings. The second kappa shape index (κ2) is 5.46. The van der Waals surface area contributed by atoms with Crippen LogP contribution in [0.15, 0.2) is 41.9 Å². The van der Waals surface area contributed by atoms with Crippen LogP contribution in [0, 0.1) is 5.82 Å². The highest BCUT2D eigenvalue weighted by Crippen LogP contribution is 2.29. The summed E-state index contributed by atoms with van der Waals surface area (Å²) in [5, 5.41) is 5.94. The van der Waals surface area contributed by atoms with Crippen LogP contribution in [-0.2, 0) is 6.42 Å². The second-order valence-corrected chi connectivity index (χ2v) is 5.51. The first kappa shape index (κ1) is 12.9. The van der Waals surface area contributed by atoms with Crippen molar-refractivity contribution in [2.75, 3.05) is 17.6 Å². The molecule has 0 aliphatic heterocycles. The van der Waals surface area contributed by atoms with Gasteiger partial charge in [0.1, 0.15) is 0 Å². The van der Waals surface area contributed by atoms with Gasteiger partial charge in [0, 0.05) is 28.7 Å². The molecule has 2 heterocycles. The molecule has 0 radical (unpaired) electrons. The molecule has 0 fully saturated rings. The van der Waals surface area contributed by atoms with Gasteiger partial charge in [-0.1, -0.05) is 6.07 Å². The number of aromatic nitrogens is 1. The smallest absolute Gasteiger partial charge is 0.150 e. The first-order valence-electron chi connectivity index (χ1n) is 6.34. The maximum atomic E-state index is 14.1. The van der Waals surface area contributed by atoms with E-state index >= 15 is 0 Å². The number of halogens is 1. The van der Waals surface area contributed by atoms with Crippen LogP contribution in [0.2, 0.25) is 0 Å². The van der Waals surface area contributed by atoms with Crippen LogP contribution in [-0.4, -0.2) is 11.5 Å². The number of hydrogen-bond acceptors (Lipinski definition) is 4. The Kier molecular flexibility index (Phi) is 3.52. The molecule has 3 rings (SSSR count). The van der Waals surface area contributed by atoms with Crippen LogP contribution in [0.5, 0.6) is 0 Å². The van der Waals surface area contributed by atoms with E-state index in [-0.39, 0.29) is 5.82 Å². The number of nitrogens with zero attached hydrogens (tertiary/aromatic N) is 1. The highest BCUT2D eigenvalue weighted by molar-refractivity contribution is 7.09. The minimum absolute atomic E-state index is 0.361. The molecule has 0 unspecified atom stereocenters. The van der Waals surface area contributed by atoms with Crippen molar-refractivity contribution in [2.24, 2.45) is 0 Å². The van der Waals surface area contributed by atoms with Crippen LogP contribution in [0.1, 0.15) is 4.88 Å². The summed E-state index contributed by atoms with van der Waals surface area (Å²) < 4.78 is 14.1. The summed E-state index contributed by atoms with van der Waals surface area (Å²) in [6.07, 6.45) is 2.50. The summed E-state index contributed by atoms with van der Waals surface area (Å²) in [5.41, 5.74) is 7.24. The van der Waals surface area contributed by atoms with E-state index in [4.69, 9.17) is 5.73 Å². The highest BCUT2D eigenvalue weighted by atomic mass is 32.1. The Balaban J connectivity index is 1.87. The first-order chi connectivity index (χ1) is 9.75. The number of fused-ring (bicyclic) bond motifs is 1. The number of pyridine rings is 1. The van der Waals surface area contributed by atoms with Crippen LogP contribution in [0.25, 0.3) is 10.9 Å². The fourth-order valence-electron chi connectivity index (χ4n) is 2.17. The zero-order valence-electron chi connectivity index (χ0n) is 10.8. The fourth-order valence-corrected chi connectivity index (χ4v) is 2.88. The Morgan fingerprint density at radius 3 is 3.00 bits per heavy atom. The minimum atomic E-state index is -0.361. The molecule has 3 nitrogen and oxygen atoms in total. The van der Waals surface area contributed by atoms with Gasteiger partial charge in [0.05, 0.1) is 11.2 Å². The lowest BCUT2D eigenvalue weighted by Crippen LogP contribution is -2.07. The van der Waals surface area contributed by atoms with E-state index < -0.39 is 0 Å². The average Bonchev–Trinajstić information content (AvgIpc) is 2.96. The lowest BCUT2D eigenvalue weighted by molar-refractivity contribution is 0.632. The molecule has 20 heavy (non-hydrogen) atoms. The summed E-state index contributed by atoms with van der Waals surface area (Å²) in [7, 11) is 0. The summed E-state index contributed by atoms with van der Waals surface area (Å²) in [4.78, 5) is 5.51. The zero-order chi connectivity index (χ0) is 13.9. The third kappa shape index (κ3) is 2.44. The molecular formula is C15H14FN3S. The SMILES string of the molecule is Nc1cc(F)c(NCCc2cccs2)c2ncccc12. The summed E-state index contributed by atoms with van der Waals surface area (Å²) in [5.74, 6) is -0.361. The van der Waals surface area contributed by atoms with Gasteiger partial charge in [-0.25, -0.2) is 4.39 Å². The molecule has 3 aromatic rings. The van der Waals surface area contributed by atoms with Gasteiger partial charge in [-0.15, -0.1) is 11.3 Å². The van der Waals surface area contributed by atoms with Crippen LogP contribution < -0.4 is 11.1 Å². The molecule has 3 N–H and O–H groups in total. The van der Waals surface area contributed by atoms with Gasteiger partial charge >= 0.3 is 0 Å². The zero-order valence-corrected chi connectivity index (χ0v) is 11.6. The predicted octanol–water partition coefficient (Wildman–Crippen LogP) is 3.67. The Morgan fingerprint density at radius 2 is 2.20 bits per heavy atom. The molecule has 0 amide bonds. The molecule has 2 aromatic heterocycles. The number of nitrogens with two attached hydrogens (primary N) is 1. The Morgan fingerprint density at radius 1 is 1.30 bits per heavy atom. The van der Waals surface area contributed by atoms with Crippen molar-refractivity contribution >= 4 is 33.6 Å². The maximum absolute atomic E-state index is 14.1. The van der Waals surface area contributed by atoms with Crippen LogP contribution in [0.4, 0.5) is 15.8 Å². The van der Waals surface area contributed by atoms with Crippen molar-refractivity contribution in [3.05, 3.63) is 52.6 Å². The van der Waals surface area contributed by atoms with Gasteiger partial charge in [0.2, 0.25) is 0 Å². The number of nitrogen functional groups attached to an aromatic ring is 1. The van der Waals surface area contributed by atoms with Gasteiger partial charge < -0.3 is 11.1 Å². The largest absolute Gasteiger partial charge is 0.398 e. The first-order valence-corrected chi connectivity index (χ1v) is 7.22. The molecule has 0 spiro atoms. The highest BCUT2D eigenvalue weighted by Gasteiger charge is 2.11. The van der Waals surface area contributed by atoms with Gasteiger partial charge in [-0.2, -0.15) is 0 Å². The quantitative estimate of drug-likeness (QED) is 0.720. The molecule has 0 saturated heterocycles.